The van der Waals surface area contributed by atoms with Crippen molar-refractivity contribution in [1.29, 1.82) is 0 Å². The molecule has 1 saturated heterocycles. The van der Waals surface area contributed by atoms with Crippen LogP contribution in [0.3, 0.4) is 0 Å². The van der Waals surface area contributed by atoms with Crippen molar-refractivity contribution in [1.82, 2.24) is 24.6 Å². The zero-order valence-electron chi connectivity index (χ0n) is 20.3. The lowest BCUT2D eigenvalue weighted by Crippen LogP contribution is -2.55. The van der Waals surface area contributed by atoms with Gasteiger partial charge in [-0.15, -0.1) is 10.2 Å². The Morgan fingerprint density at radius 1 is 1.03 bits per heavy atom. The van der Waals surface area contributed by atoms with Crippen LogP contribution in [-0.2, 0) is 9.59 Å². The average molecular weight is 524 g/mol. The zero-order chi connectivity index (χ0) is 25.1. The lowest BCUT2D eigenvalue weighted by molar-refractivity contribution is -0.143. The van der Waals surface area contributed by atoms with E-state index in [1.165, 1.54) is 0 Å². The van der Waals surface area contributed by atoms with Crippen molar-refractivity contribution in [3.8, 4) is 17.1 Å². The molecule has 9 heteroatoms. The van der Waals surface area contributed by atoms with Crippen LogP contribution in [0.4, 0.5) is 0 Å². The molecule has 1 atom stereocenters. The fraction of sp³-hybridized carbons (Fsp3) is 0.407. The Hall–Kier alpha value is -2.84. The summed E-state index contributed by atoms with van der Waals surface area (Å²) in [6.07, 6.45) is 3.25. The van der Waals surface area contributed by atoms with Gasteiger partial charge in [0.1, 0.15) is 0 Å². The standard InChI is InChI=1S/C27H30ClN5O2S/c1-19-18-31(15-16-32(19)26(35)20-13-14-20)24(34)12-7-17-36-27-30-29-25(22-10-5-6-11-23(22)28)33(27)21-8-3-2-4-9-21/h2-6,8-11,19-20H,7,12-18H2,1H3. The van der Waals surface area contributed by atoms with Gasteiger partial charge in [0.05, 0.1) is 5.02 Å². The summed E-state index contributed by atoms with van der Waals surface area (Å²) in [6.45, 7) is 3.93. The second kappa shape index (κ2) is 11.0. The minimum Gasteiger partial charge on any atom is -0.339 e. The summed E-state index contributed by atoms with van der Waals surface area (Å²) in [6, 6.07) is 17.7. The molecule has 1 aliphatic carbocycles. The number of nitrogens with zero attached hydrogens (tertiary/aromatic N) is 5. The molecule has 0 radical (unpaired) electrons. The number of carbonyl (C=O) groups is 2. The van der Waals surface area contributed by atoms with E-state index >= 15 is 0 Å². The normalized spacial score (nSPS) is 17.9. The largest absolute Gasteiger partial charge is 0.339 e. The number of benzene rings is 2. The second-order valence-corrected chi connectivity index (χ2v) is 10.9. The van der Waals surface area contributed by atoms with Crippen LogP contribution in [0.1, 0.15) is 32.6 Å². The van der Waals surface area contributed by atoms with Crippen LogP contribution >= 0.6 is 23.4 Å². The van der Waals surface area contributed by atoms with Gasteiger partial charge in [-0.25, -0.2) is 0 Å². The van der Waals surface area contributed by atoms with Crippen molar-refractivity contribution in [3.63, 3.8) is 0 Å². The van der Waals surface area contributed by atoms with Crippen molar-refractivity contribution >= 4 is 35.2 Å². The fourth-order valence-electron chi connectivity index (χ4n) is 4.61. The van der Waals surface area contributed by atoms with Gasteiger partial charge in [0.2, 0.25) is 11.8 Å². The Bertz CT molecular complexity index is 1230. The molecule has 7 nitrogen and oxygen atoms in total. The first kappa shape index (κ1) is 24.8. The number of halogens is 1. The highest BCUT2D eigenvalue weighted by Crippen LogP contribution is 2.33. The van der Waals surface area contributed by atoms with E-state index in [1.54, 1.807) is 11.8 Å². The van der Waals surface area contributed by atoms with Crippen molar-refractivity contribution in [2.45, 2.75) is 43.8 Å². The maximum atomic E-state index is 12.9. The van der Waals surface area contributed by atoms with E-state index < -0.39 is 0 Å². The van der Waals surface area contributed by atoms with Crippen LogP contribution < -0.4 is 0 Å². The van der Waals surface area contributed by atoms with E-state index in [0.717, 1.165) is 41.4 Å². The van der Waals surface area contributed by atoms with E-state index in [-0.39, 0.29) is 23.8 Å². The number of carbonyl (C=O) groups excluding carboxylic acids is 2. The Balaban J connectivity index is 1.19. The van der Waals surface area contributed by atoms with Gasteiger partial charge in [-0.05, 0) is 50.5 Å². The predicted molar refractivity (Wildman–Crippen MR) is 142 cm³/mol. The average Bonchev–Trinajstić information content (AvgIpc) is 3.67. The summed E-state index contributed by atoms with van der Waals surface area (Å²) in [5.41, 5.74) is 1.79. The molecule has 3 aromatic rings. The predicted octanol–water partition coefficient (Wildman–Crippen LogP) is 4.93. The molecule has 0 N–H and O–H groups in total. The number of aromatic nitrogens is 3. The van der Waals surface area contributed by atoms with Gasteiger partial charge in [0.15, 0.2) is 11.0 Å². The van der Waals surface area contributed by atoms with Gasteiger partial charge in [0, 0.05) is 55.0 Å². The molecule has 36 heavy (non-hydrogen) atoms. The van der Waals surface area contributed by atoms with Crippen LogP contribution in [-0.4, -0.2) is 67.8 Å². The number of para-hydroxylation sites is 1. The smallest absolute Gasteiger partial charge is 0.226 e. The maximum absolute atomic E-state index is 12.9. The van der Waals surface area contributed by atoms with Crippen LogP contribution in [0, 0.1) is 5.92 Å². The molecule has 2 aromatic carbocycles. The van der Waals surface area contributed by atoms with E-state index in [0.29, 0.717) is 36.9 Å². The summed E-state index contributed by atoms with van der Waals surface area (Å²) in [5.74, 6) is 2.09. The van der Waals surface area contributed by atoms with E-state index in [2.05, 4.69) is 10.2 Å². The monoisotopic (exact) mass is 523 g/mol. The highest BCUT2D eigenvalue weighted by molar-refractivity contribution is 7.99. The third-order valence-electron chi connectivity index (χ3n) is 6.72. The number of thioether (sulfide) groups is 1. The Morgan fingerprint density at radius 3 is 2.50 bits per heavy atom. The number of piperazine rings is 1. The van der Waals surface area contributed by atoms with Crippen LogP contribution in [0.25, 0.3) is 17.1 Å². The van der Waals surface area contributed by atoms with Gasteiger partial charge in [-0.1, -0.05) is 53.7 Å². The number of rotatable bonds is 8. The van der Waals surface area contributed by atoms with E-state index in [4.69, 9.17) is 11.6 Å². The molecule has 1 aromatic heterocycles. The van der Waals surface area contributed by atoms with Gasteiger partial charge in [0.25, 0.3) is 0 Å². The molecule has 2 amide bonds. The first-order valence-corrected chi connectivity index (χ1v) is 13.9. The van der Waals surface area contributed by atoms with Gasteiger partial charge in [-0.2, -0.15) is 0 Å². The van der Waals surface area contributed by atoms with Crippen molar-refractivity contribution < 1.29 is 9.59 Å². The Labute approximate surface area is 220 Å². The van der Waals surface area contributed by atoms with Crippen molar-refractivity contribution in [3.05, 3.63) is 59.6 Å². The lowest BCUT2D eigenvalue weighted by atomic mass is 10.1. The molecule has 0 bridgehead atoms. The number of amides is 2. The summed E-state index contributed by atoms with van der Waals surface area (Å²) in [5, 5.41) is 10.3. The third-order valence-corrected chi connectivity index (χ3v) is 8.06. The molecular weight excluding hydrogens is 494 g/mol. The maximum Gasteiger partial charge on any atom is 0.226 e. The van der Waals surface area contributed by atoms with Crippen LogP contribution in [0.2, 0.25) is 5.02 Å². The quantitative estimate of drug-likeness (QED) is 0.309. The first-order chi connectivity index (χ1) is 17.5. The summed E-state index contributed by atoms with van der Waals surface area (Å²) in [7, 11) is 0. The minimum atomic E-state index is 0.0813. The molecule has 0 spiro atoms. The van der Waals surface area contributed by atoms with E-state index in [1.807, 2.05) is 75.9 Å². The molecular formula is C27H30ClN5O2S. The molecule has 1 aliphatic heterocycles. The minimum absolute atomic E-state index is 0.0813. The van der Waals surface area contributed by atoms with Crippen molar-refractivity contribution in [2.24, 2.45) is 5.92 Å². The molecule has 2 aliphatic rings. The molecule has 188 valence electrons. The summed E-state index contributed by atoms with van der Waals surface area (Å²) in [4.78, 5) is 29.2. The SMILES string of the molecule is CC1CN(C(=O)CCCSc2nnc(-c3ccccc3Cl)n2-c2ccccc2)CCN1C(=O)C1CC1. The van der Waals surface area contributed by atoms with Gasteiger partial charge >= 0.3 is 0 Å². The summed E-state index contributed by atoms with van der Waals surface area (Å²) < 4.78 is 2.02. The molecule has 2 heterocycles. The lowest BCUT2D eigenvalue weighted by Gasteiger charge is -2.40. The fourth-order valence-corrected chi connectivity index (χ4v) is 5.72. The molecule has 1 unspecified atom stereocenters. The summed E-state index contributed by atoms with van der Waals surface area (Å²) >= 11 is 8.06. The molecule has 2 fully saturated rings. The third kappa shape index (κ3) is 5.44. The Morgan fingerprint density at radius 2 is 1.78 bits per heavy atom. The van der Waals surface area contributed by atoms with Crippen LogP contribution in [0.15, 0.2) is 59.8 Å². The number of hydrogen-bond donors (Lipinski definition) is 0. The first-order valence-electron chi connectivity index (χ1n) is 12.5. The number of hydrogen-bond acceptors (Lipinski definition) is 5. The Kier molecular flexibility index (Phi) is 7.62. The second-order valence-electron chi connectivity index (χ2n) is 9.40. The van der Waals surface area contributed by atoms with Crippen molar-refractivity contribution in [2.75, 3.05) is 25.4 Å². The molecule has 5 rings (SSSR count). The highest BCUT2D eigenvalue weighted by Gasteiger charge is 2.37. The highest BCUT2D eigenvalue weighted by atomic mass is 35.5. The van der Waals surface area contributed by atoms with Gasteiger partial charge < -0.3 is 9.80 Å². The zero-order valence-corrected chi connectivity index (χ0v) is 21.9. The topological polar surface area (TPSA) is 71.3 Å². The van der Waals surface area contributed by atoms with Gasteiger partial charge in [-0.3, -0.25) is 14.2 Å². The van der Waals surface area contributed by atoms with Crippen LogP contribution in [0.5, 0.6) is 0 Å². The molecule has 1 saturated carbocycles. The van der Waals surface area contributed by atoms with E-state index in [9.17, 15) is 9.59 Å².